The summed E-state index contributed by atoms with van der Waals surface area (Å²) < 4.78 is 0. The molecule has 1 aromatic heterocycles. The van der Waals surface area contributed by atoms with E-state index in [0.717, 1.165) is 29.7 Å². The summed E-state index contributed by atoms with van der Waals surface area (Å²) in [5, 5.41) is 14.1. The molecule has 1 fully saturated rings. The Kier molecular flexibility index (Phi) is 5.78. The van der Waals surface area contributed by atoms with Crippen LogP contribution >= 0.6 is 23.2 Å². The molecule has 2 aromatic rings. The lowest BCUT2D eigenvalue weighted by Gasteiger charge is -2.36. The number of rotatable bonds is 6. The van der Waals surface area contributed by atoms with Gasteiger partial charge in [0.25, 0.3) is 0 Å². The molecule has 0 unspecified atom stereocenters. The van der Waals surface area contributed by atoms with Crippen molar-refractivity contribution in [2.75, 3.05) is 18.4 Å². The summed E-state index contributed by atoms with van der Waals surface area (Å²) in [4.78, 5) is 17.5. The van der Waals surface area contributed by atoms with Crippen molar-refractivity contribution in [1.29, 1.82) is 0 Å². The highest BCUT2D eigenvalue weighted by Gasteiger charge is 2.46. The average molecular weight is 422 g/mol. The molecule has 0 spiro atoms. The molecule has 1 aromatic carbocycles. The molecular weight excluding hydrogens is 397 g/mol. The summed E-state index contributed by atoms with van der Waals surface area (Å²) in [5.74, 6) is 0. The van der Waals surface area contributed by atoms with Crippen molar-refractivity contribution in [3.8, 4) is 11.1 Å². The summed E-state index contributed by atoms with van der Waals surface area (Å²) >= 11 is 12.2. The van der Waals surface area contributed by atoms with Crippen molar-refractivity contribution in [1.82, 2.24) is 9.88 Å². The van der Waals surface area contributed by atoms with E-state index in [4.69, 9.17) is 23.2 Å². The van der Waals surface area contributed by atoms with Crippen molar-refractivity contribution in [3.05, 3.63) is 46.7 Å². The molecule has 3 rings (SSSR count). The Labute approximate surface area is 175 Å². The van der Waals surface area contributed by atoms with E-state index in [-0.39, 0.29) is 5.41 Å². The van der Waals surface area contributed by atoms with Gasteiger partial charge in [0.15, 0.2) is 0 Å². The highest BCUT2D eigenvalue weighted by Crippen LogP contribution is 2.47. The molecule has 5 nitrogen and oxygen atoms in total. The Balaban J connectivity index is 1.72. The maximum absolute atomic E-state index is 11.7. The molecule has 0 saturated heterocycles. The van der Waals surface area contributed by atoms with Gasteiger partial charge in [-0.1, -0.05) is 35.3 Å². The van der Waals surface area contributed by atoms with Crippen LogP contribution in [0.5, 0.6) is 0 Å². The fourth-order valence-corrected chi connectivity index (χ4v) is 3.50. The van der Waals surface area contributed by atoms with Gasteiger partial charge in [0, 0.05) is 34.6 Å². The summed E-state index contributed by atoms with van der Waals surface area (Å²) in [6, 6.07) is 9.42. The minimum absolute atomic E-state index is 0.0360. The van der Waals surface area contributed by atoms with Gasteiger partial charge in [0.1, 0.15) is 5.15 Å². The van der Waals surface area contributed by atoms with Gasteiger partial charge in [-0.25, -0.2) is 9.78 Å². The minimum atomic E-state index is -0.878. The van der Waals surface area contributed by atoms with Gasteiger partial charge in [-0.15, -0.1) is 0 Å². The molecule has 1 aliphatic rings. The monoisotopic (exact) mass is 421 g/mol. The molecule has 150 valence electrons. The number of benzene rings is 1. The number of pyridine rings is 1. The van der Waals surface area contributed by atoms with Crippen molar-refractivity contribution >= 4 is 35.0 Å². The molecule has 1 aliphatic carbocycles. The Bertz CT molecular complexity index is 859. The van der Waals surface area contributed by atoms with Crippen LogP contribution in [0.1, 0.15) is 33.6 Å². The molecule has 2 N–H and O–H groups in total. The molecule has 0 atom stereocenters. The number of hydrogen-bond donors (Lipinski definition) is 2. The normalized spacial score (nSPS) is 15.2. The number of hydrogen-bond acceptors (Lipinski definition) is 3. The van der Waals surface area contributed by atoms with Crippen molar-refractivity contribution in [2.45, 2.75) is 39.2 Å². The summed E-state index contributed by atoms with van der Waals surface area (Å²) in [7, 11) is 0. The topological polar surface area (TPSA) is 65.5 Å². The molecule has 1 heterocycles. The summed E-state index contributed by atoms with van der Waals surface area (Å²) in [6.45, 7) is 6.98. The lowest BCUT2D eigenvalue weighted by Crippen LogP contribution is -2.48. The second kappa shape index (κ2) is 7.80. The summed E-state index contributed by atoms with van der Waals surface area (Å²) in [5.41, 5.74) is 2.17. The number of carbonyl (C=O) groups is 1. The van der Waals surface area contributed by atoms with Crippen LogP contribution in [0.15, 0.2) is 36.5 Å². The second-order valence-corrected chi connectivity index (χ2v) is 9.26. The van der Waals surface area contributed by atoms with E-state index in [0.29, 0.717) is 23.3 Å². The largest absolute Gasteiger partial charge is 0.465 e. The zero-order valence-corrected chi connectivity index (χ0v) is 17.8. The number of nitrogens with zero attached hydrogens (tertiary/aromatic N) is 2. The van der Waals surface area contributed by atoms with Crippen molar-refractivity contribution in [3.63, 3.8) is 0 Å². The van der Waals surface area contributed by atoms with Crippen molar-refractivity contribution < 1.29 is 9.90 Å². The zero-order valence-electron chi connectivity index (χ0n) is 16.3. The van der Waals surface area contributed by atoms with Crippen LogP contribution in [0.3, 0.4) is 0 Å². The molecule has 0 aliphatic heterocycles. The van der Waals surface area contributed by atoms with Gasteiger partial charge >= 0.3 is 6.09 Å². The van der Waals surface area contributed by atoms with Gasteiger partial charge in [0.2, 0.25) is 0 Å². The van der Waals surface area contributed by atoms with Gasteiger partial charge < -0.3 is 15.3 Å². The van der Waals surface area contributed by atoms with E-state index >= 15 is 0 Å². The smallest absolute Gasteiger partial charge is 0.407 e. The molecule has 0 radical (unpaired) electrons. The zero-order chi connectivity index (χ0) is 20.5. The SMILES string of the molecule is CC(C)(C)N(CC1(CNc2cnc(Cl)c(-c3ccc(Cl)cc3)c2)CC1)C(=O)O. The molecule has 0 bridgehead atoms. The predicted octanol–water partition coefficient (Wildman–Crippen LogP) is 6.03. The van der Waals surface area contributed by atoms with Crippen molar-refractivity contribution in [2.24, 2.45) is 5.41 Å². The third-order valence-electron chi connectivity index (χ3n) is 5.15. The first-order chi connectivity index (χ1) is 13.1. The van der Waals surface area contributed by atoms with Gasteiger partial charge in [-0.3, -0.25) is 0 Å². The average Bonchev–Trinajstić information content (AvgIpc) is 3.39. The van der Waals surface area contributed by atoms with Crippen LogP contribution in [-0.4, -0.2) is 39.7 Å². The van der Waals surface area contributed by atoms with Gasteiger partial charge in [-0.2, -0.15) is 0 Å². The number of amides is 1. The Morgan fingerprint density at radius 1 is 1.25 bits per heavy atom. The van der Waals surface area contributed by atoms with Crippen LogP contribution in [0.4, 0.5) is 10.5 Å². The third-order valence-corrected chi connectivity index (χ3v) is 5.71. The standard InChI is InChI=1S/C21H25Cl2N3O2/c1-20(2,3)26(19(27)28)13-21(8-9-21)12-25-16-10-17(18(23)24-11-16)14-4-6-15(22)7-5-14/h4-7,10-11,25H,8-9,12-13H2,1-3H3,(H,27,28). The Morgan fingerprint density at radius 3 is 2.43 bits per heavy atom. The first-order valence-corrected chi connectivity index (χ1v) is 10.0. The lowest BCUT2D eigenvalue weighted by molar-refractivity contribution is 0.0866. The predicted molar refractivity (Wildman–Crippen MR) is 114 cm³/mol. The Morgan fingerprint density at radius 2 is 1.89 bits per heavy atom. The molecule has 1 saturated carbocycles. The van der Waals surface area contributed by atoms with Gasteiger partial charge in [-0.05, 0) is 57.4 Å². The molecule has 1 amide bonds. The highest BCUT2D eigenvalue weighted by atomic mass is 35.5. The third kappa shape index (κ3) is 4.89. The quantitative estimate of drug-likeness (QED) is 0.558. The summed E-state index contributed by atoms with van der Waals surface area (Å²) in [6.07, 6.45) is 2.84. The van der Waals surface area contributed by atoms with E-state index in [2.05, 4.69) is 10.3 Å². The fourth-order valence-electron chi connectivity index (χ4n) is 3.16. The second-order valence-electron chi connectivity index (χ2n) is 8.46. The van der Waals surface area contributed by atoms with E-state index in [1.54, 1.807) is 6.20 Å². The van der Waals surface area contributed by atoms with E-state index < -0.39 is 11.6 Å². The van der Waals surface area contributed by atoms with Crippen LogP contribution in [0, 0.1) is 5.41 Å². The number of carboxylic acid groups (broad SMARTS) is 1. The van der Waals surface area contributed by atoms with Gasteiger partial charge in [0.05, 0.1) is 11.9 Å². The Hall–Kier alpha value is -1.98. The maximum atomic E-state index is 11.7. The first kappa shape index (κ1) is 20.7. The molecular formula is C21H25Cl2N3O2. The number of halogens is 2. The molecule has 7 heteroatoms. The highest BCUT2D eigenvalue weighted by molar-refractivity contribution is 6.32. The lowest BCUT2D eigenvalue weighted by atomic mass is 10.0. The van der Waals surface area contributed by atoms with Crippen LogP contribution in [0.25, 0.3) is 11.1 Å². The van der Waals surface area contributed by atoms with E-state index in [1.807, 2.05) is 51.1 Å². The van der Waals surface area contributed by atoms with Crippen LogP contribution in [-0.2, 0) is 0 Å². The fraction of sp³-hybridized carbons (Fsp3) is 0.429. The van der Waals surface area contributed by atoms with E-state index in [9.17, 15) is 9.90 Å². The van der Waals surface area contributed by atoms with E-state index in [1.165, 1.54) is 4.90 Å². The van der Waals surface area contributed by atoms with Crippen LogP contribution < -0.4 is 5.32 Å². The first-order valence-electron chi connectivity index (χ1n) is 9.26. The number of nitrogens with one attached hydrogen (secondary N) is 1. The number of aromatic nitrogens is 1. The molecule has 28 heavy (non-hydrogen) atoms. The van der Waals surface area contributed by atoms with Crippen LogP contribution in [0.2, 0.25) is 10.2 Å². The number of anilines is 1. The minimum Gasteiger partial charge on any atom is -0.465 e. The maximum Gasteiger partial charge on any atom is 0.407 e.